The standard InChI is InChI=1S/C37H61NO3/c1-24-10-18-37(32(41)38-21-13-26(14-22-38)15-23-39)20-19-35(6)27(31(37)25(24)2)8-9-29-34(5)16-12-30(40)33(3,4)28(34)11-17-36(29,35)7/h8,24-26,28-31,39-40H,9-23H2,1-7H3/t24-,25+,28+,29-,30+,31+,34+,35-,36-,37+/m1/s1. The lowest BCUT2D eigenvalue weighted by Crippen LogP contribution is -2.66. The number of allylic oxidation sites excluding steroid dienone is 2. The number of fused-ring (bicyclic) bond motifs is 7. The van der Waals surface area contributed by atoms with Crippen LogP contribution in [0.5, 0.6) is 0 Å². The van der Waals surface area contributed by atoms with E-state index in [1.165, 1.54) is 19.3 Å². The molecular weight excluding hydrogens is 506 g/mol. The van der Waals surface area contributed by atoms with Crippen molar-refractivity contribution in [2.75, 3.05) is 19.7 Å². The maximum absolute atomic E-state index is 14.7. The molecule has 0 aromatic carbocycles. The molecule has 0 aromatic rings. The summed E-state index contributed by atoms with van der Waals surface area (Å²) in [5.41, 5.74) is 2.04. The maximum atomic E-state index is 14.7. The number of nitrogens with zero attached hydrogens (tertiary/aromatic N) is 1. The topological polar surface area (TPSA) is 60.8 Å². The highest BCUT2D eigenvalue weighted by Gasteiger charge is 2.69. The fraction of sp³-hybridized carbons (Fsp3) is 0.919. The predicted molar refractivity (Wildman–Crippen MR) is 166 cm³/mol. The van der Waals surface area contributed by atoms with E-state index in [1.54, 1.807) is 5.57 Å². The van der Waals surface area contributed by atoms with E-state index in [0.29, 0.717) is 41.4 Å². The van der Waals surface area contributed by atoms with Gasteiger partial charge in [-0.25, -0.2) is 0 Å². The Labute approximate surface area is 251 Å². The smallest absolute Gasteiger partial charge is 0.229 e. The second kappa shape index (κ2) is 10.1. The summed E-state index contributed by atoms with van der Waals surface area (Å²) in [5, 5.41) is 20.5. The number of rotatable bonds is 3. The van der Waals surface area contributed by atoms with Gasteiger partial charge in [0, 0.05) is 19.7 Å². The average Bonchev–Trinajstić information content (AvgIpc) is 2.93. The third-order valence-electron chi connectivity index (χ3n) is 15.8. The molecule has 0 unspecified atom stereocenters. The van der Waals surface area contributed by atoms with E-state index in [1.807, 2.05) is 0 Å². The van der Waals surface area contributed by atoms with E-state index < -0.39 is 0 Å². The summed E-state index contributed by atoms with van der Waals surface area (Å²) in [6.07, 6.45) is 15.6. The number of hydrogen-bond acceptors (Lipinski definition) is 3. The number of piperidine rings is 1. The van der Waals surface area contributed by atoms with E-state index >= 15 is 0 Å². The van der Waals surface area contributed by atoms with Crippen molar-refractivity contribution in [1.29, 1.82) is 0 Å². The summed E-state index contributed by atoms with van der Waals surface area (Å²) in [6, 6.07) is 0. The van der Waals surface area contributed by atoms with Crippen molar-refractivity contribution >= 4 is 5.91 Å². The molecule has 1 heterocycles. The molecule has 1 saturated heterocycles. The van der Waals surface area contributed by atoms with Gasteiger partial charge in [-0.05, 0) is 134 Å². The van der Waals surface area contributed by atoms with E-state index in [0.717, 1.165) is 70.9 Å². The van der Waals surface area contributed by atoms with Crippen molar-refractivity contribution in [3.05, 3.63) is 11.6 Å². The van der Waals surface area contributed by atoms with Gasteiger partial charge in [0.15, 0.2) is 0 Å². The van der Waals surface area contributed by atoms with Crippen molar-refractivity contribution in [2.24, 2.45) is 62.6 Å². The molecule has 41 heavy (non-hydrogen) atoms. The highest BCUT2D eigenvalue weighted by Crippen LogP contribution is 2.75. The molecule has 4 heteroatoms. The molecule has 4 nitrogen and oxygen atoms in total. The van der Waals surface area contributed by atoms with Crippen molar-refractivity contribution in [2.45, 2.75) is 132 Å². The summed E-state index contributed by atoms with van der Waals surface area (Å²) in [5.74, 6) is 3.79. The second-order valence-corrected chi connectivity index (χ2v) is 17.4. The minimum absolute atomic E-state index is 0.0225. The first-order valence-corrected chi connectivity index (χ1v) is 17.5. The molecule has 1 amide bonds. The Morgan fingerprint density at radius 1 is 0.902 bits per heavy atom. The molecule has 6 rings (SSSR count). The first-order chi connectivity index (χ1) is 19.3. The minimum atomic E-state index is -0.234. The number of carbonyl (C=O) groups excluding carboxylic acids is 1. The Bertz CT molecular complexity index is 1060. The number of aliphatic hydroxyl groups excluding tert-OH is 2. The van der Waals surface area contributed by atoms with Crippen LogP contribution in [0.3, 0.4) is 0 Å². The van der Waals surface area contributed by atoms with E-state index in [2.05, 4.69) is 59.4 Å². The number of likely N-dealkylation sites (tertiary alicyclic amines) is 1. The Hall–Kier alpha value is -0.870. The van der Waals surface area contributed by atoms with Crippen LogP contribution < -0.4 is 0 Å². The van der Waals surface area contributed by atoms with Crippen LogP contribution >= 0.6 is 0 Å². The molecule has 232 valence electrons. The van der Waals surface area contributed by atoms with Crippen LogP contribution in [0.2, 0.25) is 0 Å². The Morgan fingerprint density at radius 3 is 2.29 bits per heavy atom. The molecule has 5 aliphatic carbocycles. The molecule has 10 atom stereocenters. The molecule has 0 aromatic heterocycles. The zero-order valence-corrected chi connectivity index (χ0v) is 27.5. The molecule has 2 N–H and O–H groups in total. The van der Waals surface area contributed by atoms with Gasteiger partial charge in [-0.1, -0.05) is 60.1 Å². The fourth-order valence-corrected chi connectivity index (χ4v) is 12.8. The average molecular weight is 568 g/mol. The number of hydrogen-bond donors (Lipinski definition) is 2. The Kier molecular flexibility index (Phi) is 7.42. The van der Waals surface area contributed by atoms with Crippen LogP contribution in [0.25, 0.3) is 0 Å². The summed E-state index contributed by atoms with van der Waals surface area (Å²) in [7, 11) is 0. The van der Waals surface area contributed by atoms with Gasteiger partial charge in [-0.2, -0.15) is 0 Å². The van der Waals surface area contributed by atoms with Gasteiger partial charge in [0.2, 0.25) is 5.91 Å². The lowest BCUT2D eigenvalue weighted by atomic mass is 9.33. The monoisotopic (exact) mass is 567 g/mol. The van der Waals surface area contributed by atoms with Gasteiger partial charge in [-0.3, -0.25) is 4.79 Å². The van der Waals surface area contributed by atoms with Crippen LogP contribution in [0.15, 0.2) is 11.6 Å². The third kappa shape index (κ3) is 4.07. The molecule has 0 spiro atoms. The quantitative estimate of drug-likeness (QED) is 0.345. The summed E-state index contributed by atoms with van der Waals surface area (Å²) >= 11 is 0. The van der Waals surface area contributed by atoms with Gasteiger partial charge in [0.25, 0.3) is 0 Å². The summed E-state index contributed by atoms with van der Waals surface area (Å²) in [4.78, 5) is 17.0. The lowest BCUT2D eigenvalue weighted by molar-refractivity contribution is -0.205. The SMILES string of the molecule is C[C@H]1[C@H](C)CC[C@]2(C(=O)N3CCC(CCO)CC3)CC[C@]3(C)C(=CC[C@@H]4[C@@]5(C)CC[C@H](O)C(C)(C)[C@@H]5CC[C@]43C)[C@H]12. The van der Waals surface area contributed by atoms with Crippen LogP contribution in [-0.4, -0.2) is 46.8 Å². The van der Waals surface area contributed by atoms with Crippen molar-refractivity contribution in [1.82, 2.24) is 4.90 Å². The lowest BCUT2D eigenvalue weighted by Gasteiger charge is -2.71. The van der Waals surface area contributed by atoms with E-state index in [-0.39, 0.29) is 39.8 Å². The van der Waals surface area contributed by atoms with Crippen LogP contribution in [0, 0.1) is 62.6 Å². The Morgan fingerprint density at radius 2 is 1.61 bits per heavy atom. The van der Waals surface area contributed by atoms with Crippen molar-refractivity contribution in [3.63, 3.8) is 0 Å². The Balaban J connectivity index is 1.36. The molecule has 0 bridgehead atoms. The zero-order valence-electron chi connectivity index (χ0n) is 27.5. The predicted octanol–water partition coefficient (Wildman–Crippen LogP) is 7.63. The molecule has 4 saturated carbocycles. The number of amides is 1. The van der Waals surface area contributed by atoms with Gasteiger partial charge >= 0.3 is 0 Å². The molecule has 1 aliphatic heterocycles. The van der Waals surface area contributed by atoms with Gasteiger partial charge < -0.3 is 15.1 Å². The van der Waals surface area contributed by atoms with Crippen molar-refractivity contribution < 1.29 is 15.0 Å². The van der Waals surface area contributed by atoms with Crippen LogP contribution in [0.1, 0.15) is 126 Å². The normalized spacial score (nSPS) is 49.7. The highest BCUT2D eigenvalue weighted by atomic mass is 16.3. The zero-order chi connectivity index (χ0) is 29.6. The number of carbonyl (C=O) groups is 1. The molecule has 0 radical (unpaired) electrons. The largest absolute Gasteiger partial charge is 0.396 e. The first kappa shape index (κ1) is 30.2. The first-order valence-electron chi connectivity index (χ1n) is 17.5. The summed E-state index contributed by atoms with van der Waals surface area (Å²) in [6.45, 7) is 19.5. The van der Waals surface area contributed by atoms with Crippen LogP contribution in [0.4, 0.5) is 0 Å². The molecule has 5 fully saturated rings. The second-order valence-electron chi connectivity index (χ2n) is 17.4. The van der Waals surface area contributed by atoms with E-state index in [9.17, 15) is 15.0 Å². The maximum Gasteiger partial charge on any atom is 0.229 e. The molecular formula is C37H61NO3. The summed E-state index contributed by atoms with van der Waals surface area (Å²) < 4.78 is 0. The third-order valence-corrected chi connectivity index (χ3v) is 15.8. The minimum Gasteiger partial charge on any atom is -0.396 e. The van der Waals surface area contributed by atoms with Gasteiger partial charge in [-0.15, -0.1) is 0 Å². The van der Waals surface area contributed by atoms with Gasteiger partial charge in [0.05, 0.1) is 11.5 Å². The molecule has 6 aliphatic rings. The van der Waals surface area contributed by atoms with Crippen LogP contribution in [-0.2, 0) is 4.79 Å². The van der Waals surface area contributed by atoms with E-state index in [4.69, 9.17) is 0 Å². The van der Waals surface area contributed by atoms with Crippen molar-refractivity contribution in [3.8, 4) is 0 Å². The van der Waals surface area contributed by atoms with Gasteiger partial charge in [0.1, 0.15) is 0 Å². The highest BCUT2D eigenvalue weighted by molar-refractivity contribution is 5.84. The number of aliphatic hydroxyl groups is 2. The fourth-order valence-electron chi connectivity index (χ4n) is 12.8.